The highest BCUT2D eigenvalue weighted by atomic mass is 79.9. The lowest BCUT2D eigenvalue weighted by atomic mass is 9.88. The molecule has 0 saturated heterocycles. The quantitative estimate of drug-likeness (QED) is 0.736. The predicted molar refractivity (Wildman–Crippen MR) is 91.5 cm³/mol. The summed E-state index contributed by atoms with van der Waals surface area (Å²) in [5, 5.41) is 14.2. The monoisotopic (exact) mass is 366 g/mol. The summed E-state index contributed by atoms with van der Waals surface area (Å²) in [4.78, 5) is 4.36. The van der Waals surface area contributed by atoms with E-state index in [0.717, 1.165) is 27.2 Å². The molecular weight excluding hydrogens is 348 g/mol. The second-order valence-corrected chi connectivity index (χ2v) is 6.80. The van der Waals surface area contributed by atoms with Gasteiger partial charge in [-0.05, 0) is 47.1 Å². The SMILES string of the molecule is CNC(CO)(CCSc1ccc(Br)cn1)c1ccccc1. The number of benzene rings is 1. The fourth-order valence-electron chi connectivity index (χ4n) is 2.20. The molecule has 1 aromatic carbocycles. The summed E-state index contributed by atoms with van der Waals surface area (Å²) in [5.74, 6) is 0.880. The number of nitrogens with zero attached hydrogens (tertiary/aromatic N) is 1. The largest absolute Gasteiger partial charge is 0.394 e. The minimum Gasteiger partial charge on any atom is -0.394 e. The van der Waals surface area contributed by atoms with E-state index in [-0.39, 0.29) is 6.61 Å². The number of pyridine rings is 1. The third kappa shape index (κ3) is 4.30. The van der Waals surface area contributed by atoms with Crippen molar-refractivity contribution in [1.82, 2.24) is 10.3 Å². The molecular formula is C16H19BrN2OS. The van der Waals surface area contributed by atoms with Crippen molar-refractivity contribution < 1.29 is 5.11 Å². The molecule has 0 radical (unpaired) electrons. The Labute approximate surface area is 138 Å². The first-order valence-corrected chi connectivity index (χ1v) is 8.58. The van der Waals surface area contributed by atoms with Crippen LogP contribution in [-0.4, -0.2) is 29.5 Å². The Hall–Kier alpha value is -0.880. The summed E-state index contributed by atoms with van der Waals surface area (Å²) in [7, 11) is 1.89. The zero-order valence-electron chi connectivity index (χ0n) is 11.9. The molecule has 0 bridgehead atoms. The maximum atomic E-state index is 9.87. The van der Waals surface area contributed by atoms with E-state index in [1.165, 1.54) is 0 Å². The molecule has 0 aliphatic carbocycles. The highest BCUT2D eigenvalue weighted by Crippen LogP contribution is 2.28. The van der Waals surface area contributed by atoms with Gasteiger partial charge in [0.05, 0.1) is 17.2 Å². The van der Waals surface area contributed by atoms with Gasteiger partial charge in [-0.25, -0.2) is 4.98 Å². The molecule has 2 aromatic rings. The third-order valence-corrected chi connectivity index (χ3v) is 4.97. The van der Waals surface area contributed by atoms with E-state index in [9.17, 15) is 5.11 Å². The van der Waals surface area contributed by atoms with E-state index in [1.807, 2.05) is 37.4 Å². The lowest BCUT2D eigenvalue weighted by molar-refractivity contribution is 0.165. The number of halogens is 1. The number of aliphatic hydroxyl groups excluding tert-OH is 1. The van der Waals surface area contributed by atoms with Crippen molar-refractivity contribution in [3.05, 3.63) is 58.7 Å². The Morgan fingerprint density at radius 2 is 2.00 bits per heavy atom. The van der Waals surface area contributed by atoms with Crippen molar-refractivity contribution in [2.24, 2.45) is 0 Å². The van der Waals surface area contributed by atoms with Gasteiger partial charge < -0.3 is 10.4 Å². The fourth-order valence-corrected chi connectivity index (χ4v) is 3.38. The van der Waals surface area contributed by atoms with Crippen LogP contribution in [0.3, 0.4) is 0 Å². The predicted octanol–water partition coefficient (Wildman–Crippen LogP) is 3.43. The number of aliphatic hydroxyl groups is 1. The topological polar surface area (TPSA) is 45.1 Å². The number of rotatable bonds is 7. The van der Waals surface area contributed by atoms with Gasteiger partial charge in [-0.3, -0.25) is 0 Å². The van der Waals surface area contributed by atoms with Crippen LogP contribution in [-0.2, 0) is 5.54 Å². The molecule has 1 aromatic heterocycles. The smallest absolute Gasteiger partial charge is 0.0960 e. The van der Waals surface area contributed by atoms with Gasteiger partial charge in [-0.2, -0.15) is 0 Å². The van der Waals surface area contributed by atoms with Gasteiger partial charge >= 0.3 is 0 Å². The molecule has 0 saturated carbocycles. The van der Waals surface area contributed by atoms with Gasteiger partial charge in [0, 0.05) is 16.4 Å². The second kappa shape index (κ2) is 7.94. The van der Waals surface area contributed by atoms with Crippen molar-refractivity contribution in [3.63, 3.8) is 0 Å². The van der Waals surface area contributed by atoms with Crippen LogP contribution in [0.4, 0.5) is 0 Å². The zero-order valence-corrected chi connectivity index (χ0v) is 14.3. The molecule has 1 atom stereocenters. The first-order valence-electron chi connectivity index (χ1n) is 6.80. The first-order chi connectivity index (χ1) is 10.2. The Morgan fingerprint density at radius 3 is 2.57 bits per heavy atom. The van der Waals surface area contributed by atoms with Crippen LogP contribution in [0.5, 0.6) is 0 Å². The van der Waals surface area contributed by atoms with Crippen molar-refractivity contribution >= 4 is 27.7 Å². The van der Waals surface area contributed by atoms with E-state index >= 15 is 0 Å². The molecule has 5 heteroatoms. The average molecular weight is 367 g/mol. The molecule has 0 amide bonds. The van der Waals surface area contributed by atoms with Crippen LogP contribution >= 0.6 is 27.7 Å². The van der Waals surface area contributed by atoms with Gasteiger partial charge in [0.25, 0.3) is 0 Å². The minimum atomic E-state index is -0.399. The Kier molecular flexibility index (Phi) is 6.23. The molecule has 0 aliphatic heterocycles. The maximum Gasteiger partial charge on any atom is 0.0960 e. The van der Waals surface area contributed by atoms with Gasteiger partial charge in [-0.15, -0.1) is 11.8 Å². The Balaban J connectivity index is 2.02. The fraction of sp³-hybridized carbons (Fsp3) is 0.312. The molecule has 1 heterocycles. The summed E-state index contributed by atoms with van der Waals surface area (Å²) < 4.78 is 0.982. The molecule has 1 unspecified atom stereocenters. The number of hydrogen-bond acceptors (Lipinski definition) is 4. The lowest BCUT2D eigenvalue weighted by Crippen LogP contribution is -2.44. The van der Waals surface area contributed by atoms with E-state index in [2.05, 4.69) is 38.4 Å². The molecule has 21 heavy (non-hydrogen) atoms. The summed E-state index contributed by atoms with van der Waals surface area (Å²) in [6.07, 6.45) is 2.63. The number of nitrogens with one attached hydrogen (secondary N) is 1. The van der Waals surface area contributed by atoms with Crippen molar-refractivity contribution in [1.29, 1.82) is 0 Å². The molecule has 0 fully saturated rings. The van der Waals surface area contributed by atoms with Gasteiger partial charge in [0.2, 0.25) is 0 Å². The molecule has 112 valence electrons. The molecule has 0 spiro atoms. The lowest BCUT2D eigenvalue weighted by Gasteiger charge is -2.32. The first kappa shape index (κ1) is 16.5. The van der Waals surface area contributed by atoms with Crippen LogP contribution in [0.25, 0.3) is 0 Å². The summed E-state index contributed by atoms with van der Waals surface area (Å²) >= 11 is 5.08. The summed E-state index contributed by atoms with van der Waals surface area (Å²) in [5.41, 5.74) is 0.711. The third-order valence-electron chi connectivity index (χ3n) is 3.55. The van der Waals surface area contributed by atoms with Gasteiger partial charge in [0.1, 0.15) is 0 Å². The zero-order chi connectivity index (χ0) is 15.1. The van der Waals surface area contributed by atoms with Gasteiger partial charge in [-0.1, -0.05) is 30.3 Å². The van der Waals surface area contributed by atoms with Crippen LogP contribution < -0.4 is 5.32 Å². The maximum absolute atomic E-state index is 9.87. The van der Waals surface area contributed by atoms with Crippen LogP contribution in [0, 0.1) is 0 Å². The Morgan fingerprint density at radius 1 is 1.24 bits per heavy atom. The van der Waals surface area contributed by atoms with Gasteiger partial charge in [0.15, 0.2) is 0 Å². The number of hydrogen-bond donors (Lipinski definition) is 2. The normalized spacial score (nSPS) is 13.9. The molecule has 2 rings (SSSR count). The van der Waals surface area contributed by atoms with Crippen molar-refractivity contribution in [3.8, 4) is 0 Å². The van der Waals surface area contributed by atoms with Crippen LogP contribution in [0.15, 0.2) is 58.2 Å². The minimum absolute atomic E-state index is 0.0713. The second-order valence-electron chi connectivity index (χ2n) is 4.77. The van der Waals surface area contributed by atoms with Crippen LogP contribution in [0.2, 0.25) is 0 Å². The Bertz CT molecular complexity index is 544. The number of likely N-dealkylation sites (N-methyl/N-ethyl adjacent to an activating group) is 1. The van der Waals surface area contributed by atoms with E-state index in [4.69, 9.17) is 0 Å². The highest BCUT2D eigenvalue weighted by Gasteiger charge is 2.29. The molecule has 3 nitrogen and oxygen atoms in total. The number of thioether (sulfide) groups is 1. The number of aromatic nitrogens is 1. The van der Waals surface area contributed by atoms with Crippen LogP contribution in [0.1, 0.15) is 12.0 Å². The molecule has 0 aliphatic rings. The summed E-state index contributed by atoms with van der Waals surface area (Å²) in [6.45, 7) is 0.0713. The van der Waals surface area contributed by atoms with E-state index < -0.39 is 5.54 Å². The summed E-state index contributed by atoms with van der Waals surface area (Å²) in [6, 6.07) is 14.1. The molecule has 2 N–H and O–H groups in total. The van der Waals surface area contributed by atoms with E-state index in [0.29, 0.717) is 0 Å². The average Bonchev–Trinajstić information content (AvgIpc) is 2.55. The van der Waals surface area contributed by atoms with Crippen molar-refractivity contribution in [2.75, 3.05) is 19.4 Å². The standard InChI is InChI=1S/C16H19BrN2OS/c1-18-16(12-20,13-5-3-2-4-6-13)9-10-21-15-8-7-14(17)11-19-15/h2-8,11,18,20H,9-10,12H2,1H3. The highest BCUT2D eigenvalue weighted by molar-refractivity contribution is 9.10. The van der Waals surface area contributed by atoms with E-state index in [1.54, 1.807) is 18.0 Å². The van der Waals surface area contributed by atoms with Crippen molar-refractivity contribution in [2.45, 2.75) is 17.0 Å².